The molecule has 0 aliphatic heterocycles. The van der Waals surface area contributed by atoms with Gasteiger partial charge in [0.1, 0.15) is 11.4 Å². The summed E-state index contributed by atoms with van der Waals surface area (Å²) in [6.45, 7) is 2.31. The van der Waals surface area contributed by atoms with Gasteiger partial charge in [0.25, 0.3) is 17.3 Å². The molecule has 1 aromatic carbocycles. The Morgan fingerprint density at radius 1 is 1.15 bits per heavy atom. The summed E-state index contributed by atoms with van der Waals surface area (Å²) >= 11 is 0. The molecule has 4 rings (SSSR count). The number of hydrogen-bond donors (Lipinski definition) is 2. The van der Waals surface area contributed by atoms with Crippen molar-refractivity contribution in [1.82, 2.24) is 30.0 Å². The molecule has 3 heterocycles. The molecule has 0 amide bonds. The molecule has 0 saturated heterocycles. The molecule has 1 unspecified atom stereocenters. The van der Waals surface area contributed by atoms with E-state index in [0.29, 0.717) is 40.7 Å². The zero-order valence-corrected chi connectivity index (χ0v) is 18.5. The predicted molar refractivity (Wildman–Crippen MR) is 122 cm³/mol. The number of aliphatic hydroxyl groups excluding tert-OH is 1. The maximum atomic E-state index is 12.1. The molecule has 0 saturated carbocycles. The first-order chi connectivity index (χ1) is 16.0. The smallest absolute Gasteiger partial charge is 0.268 e. The Hall–Kier alpha value is -3.89. The zero-order chi connectivity index (χ0) is 23.4. The number of pyridine rings is 1. The average Bonchev–Trinajstić information content (AvgIpc) is 3.34. The number of nitrogens with zero attached hydrogens (tertiary/aromatic N) is 5. The number of rotatable bonds is 8. The molecule has 170 valence electrons. The van der Waals surface area contributed by atoms with Crippen LogP contribution in [0.2, 0.25) is 0 Å². The SMILES string of the molecule is CNCc1ccc(-c2nnc(-c3cncc(-c4ccc(=O)n(C(C)CO)c4)n3)o2)c(OC)c1. The molecule has 3 aromatic heterocycles. The van der Waals surface area contributed by atoms with Gasteiger partial charge in [-0.2, -0.15) is 0 Å². The van der Waals surface area contributed by atoms with Crippen molar-refractivity contribution < 1.29 is 14.3 Å². The summed E-state index contributed by atoms with van der Waals surface area (Å²) in [6.07, 6.45) is 4.76. The third-order valence-electron chi connectivity index (χ3n) is 5.13. The minimum atomic E-state index is -0.360. The Morgan fingerprint density at radius 2 is 1.94 bits per heavy atom. The van der Waals surface area contributed by atoms with Crippen molar-refractivity contribution in [2.75, 3.05) is 20.8 Å². The molecular weight excluding hydrogens is 424 g/mol. The van der Waals surface area contributed by atoms with Gasteiger partial charge in [-0.15, -0.1) is 10.2 Å². The van der Waals surface area contributed by atoms with Crippen LogP contribution >= 0.6 is 0 Å². The molecule has 0 fully saturated rings. The Labute approximate surface area is 189 Å². The molecular formula is C23H24N6O4. The Kier molecular flexibility index (Phi) is 6.57. The normalized spacial score (nSPS) is 12.0. The zero-order valence-electron chi connectivity index (χ0n) is 18.5. The fourth-order valence-corrected chi connectivity index (χ4v) is 3.36. The van der Waals surface area contributed by atoms with Gasteiger partial charge in [-0.25, -0.2) is 4.98 Å². The third kappa shape index (κ3) is 4.66. The molecule has 2 N–H and O–H groups in total. The molecule has 10 nitrogen and oxygen atoms in total. The maximum Gasteiger partial charge on any atom is 0.268 e. The van der Waals surface area contributed by atoms with E-state index >= 15 is 0 Å². The summed E-state index contributed by atoms with van der Waals surface area (Å²) < 4.78 is 12.8. The van der Waals surface area contributed by atoms with Gasteiger partial charge in [0.15, 0.2) is 0 Å². The third-order valence-corrected chi connectivity index (χ3v) is 5.13. The number of ether oxygens (including phenoxy) is 1. The Morgan fingerprint density at radius 3 is 2.70 bits per heavy atom. The van der Waals surface area contributed by atoms with Gasteiger partial charge in [-0.1, -0.05) is 6.07 Å². The van der Waals surface area contributed by atoms with Gasteiger partial charge >= 0.3 is 0 Å². The van der Waals surface area contributed by atoms with E-state index in [-0.39, 0.29) is 24.1 Å². The van der Waals surface area contributed by atoms with Gasteiger partial charge in [0, 0.05) is 24.4 Å². The molecule has 33 heavy (non-hydrogen) atoms. The first-order valence-electron chi connectivity index (χ1n) is 10.3. The summed E-state index contributed by atoms with van der Waals surface area (Å²) in [6, 6.07) is 8.48. The van der Waals surface area contributed by atoms with Crippen LogP contribution in [0.4, 0.5) is 0 Å². The highest BCUT2D eigenvalue weighted by Crippen LogP contribution is 2.31. The van der Waals surface area contributed by atoms with Gasteiger partial charge < -0.3 is 24.1 Å². The van der Waals surface area contributed by atoms with Crippen LogP contribution in [-0.4, -0.2) is 50.6 Å². The number of aromatic nitrogens is 5. The number of aliphatic hydroxyl groups is 1. The van der Waals surface area contributed by atoms with Gasteiger partial charge in [0.2, 0.25) is 0 Å². The van der Waals surface area contributed by atoms with Crippen molar-refractivity contribution in [3.63, 3.8) is 0 Å². The summed E-state index contributed by atoms with van der Waals surface area (Å²) in [5, 5.41) is 20.8. The summed E-state index contributed by atoms with van der Waals surface area (Å²) in [5.74, 6) is 1.13. The molecule has 0 aliphatic carbocycles. The van der Waals surface area contributed by atoms with Crippen molar-refractivity contribution in [1.29, 1.82) is 0 Å². The first-order valence-corrected chi connectivity index (χ1v) is 10.3. The largest absolute Gasteiger partial charge is 0.496 e. The van der Waals surface area contributed by atoms with Crippen LogP contribution in [0.3, 0.4) is 0 Å². The van der Waals surface area contributed by atoms with E-state index in [4.69, 9.17) is 9.15 Å². The number of methoxy groups -OCH3 is 1. The number of nitrogens with one attached hydrogen (secondary N) is 1. The number of benzene rings is 1. The second kappa shape index (κ2) is 9.72. The van der Waals surface area contributed by atoms with Crippen LogP contribution in [0, 0.1) is 0 Å². The van der Waals surface area contributed by atoms with Gasteiger partial charge in [0.05, 0.1) is 43.4 Å². The highest BCUT2D eigenvalue weighted by Gasteiger charge is 2.17. The molecule has 4 aromatic rings. The van der Waals surface area contributed by atoms with Crippen LogP contribution in [0.1, 0.15) is 18.5 Å². The van der Waals surface area contributed by atoms with Crippen LogP contribution in [0.15, 0.2) is 58.1 Å². The van der Waals surface area contributed by atoms with E-state index in [1.165, 1.54) is 16.8 Å². The van der Waals surface area contributed by atoms with E-state index < -0.39 is 0 Å². The minimum absolute atomic E-state index is 0.154. The molecule has 0 radical (unpaired) electrons. The van der Waals surface area contributed by atoms with E-state index in [1.807, 2.05) is 25.2 Å². The van der Waals surface area contributed by atoms with Crippen LogP contribution in [-0.2, 0) is 6.54 Å². The lowest BCUT2D eigenvalue weighted by molar-refractivity contribution is 0.236. The lowest BCUT2D eigenvalue weighted by Gasteiger charge is -2.13. The first kappa shape index (κ1) is 22.3. The van der Waals surface area contributed by atoms with Crippen molar-refractivity contribution in [2.45, 2.75) is 19.5 Å². The van der Waals surface area contributed by atoms with Crippen molar-refractivity contribution in [2.24, 2.45) is 0 Å². The average molecular weight is 448 g/mol. The molecule has 0 bridgehead atoms. The van der Waals surface area contributed by atoms with E-state index in [0.717, 1.165) is 5.56 Å². The lowest BCUT2D eigenvalue weighted by atomic mass is 10.1. The fraction of sp³-hybridized carbons (Fsp3) is 0.261. The second-order valence-corrected chi connectivity index (χ2v) is 7.46. The van der Waals surface area contributed by atoms with Crippen LogP contribution in [0.5, 0.6) is 5.75 Å². The highest BCUT2D eigenvalue weighted by atomic mass is 16.5. The van der Waals surface area contributed by atoms with Crippen molar-refractivity contribution >= 4 is 0 Å². The summed E-state index contributed by atoms with van der Waals surface area (Å²) in [7, 11) is 3.47. The van der Waals surface area contributed by atoms with E-state index in [9.17, 15) is 9.90 Å². The predicted octanol–water partition coefficient (Wildman–Crippen LogP) is 2.30. The van der Waals surface area contributed by atoms with Crippen molar-refractivity contribution in [3.8, 4) is 40.0 Å². The Balaban J connectivity index is 1.67. The highest BCUT2D eigenvalue weighted by molar-refractivity contribution is 5.65. The van der Waals surface area contributed by atoms with Crippen molar-refractivity contribution in [3.05, 3.63) is 64.8 Å². The lowest BCUT2D eigenvalue weighted by Crippen LogP contribution is -2.24. The Bertz CT molecular complexity index is 1320. The summed E-state index contributed by atoms with van der Waals surface area (Å²) in [5.41, 5.74) is 3.12. The minimum Gasteiger partial charge on any atom is -0.496 e. The monoisotopic (exact) mass is 448 g/mol. The van der Waals surface area contributed by atoms with E-state index in [1.54, 1.807) is 32.5 Å². The van der Waals surface area contributed by atoms with Gasteiger partial charge in [-0.05, 0) is 37.7 Å². The fourth-order valence-electron chi connectivity index (χ4n) is 3.36. The second-order valence-electron chi connectivity index (χ2n) is 7.46. The van der Waals surface area contributed by atoms with Gasteiger partial charge in [-0.3, -0.25) is 9.78 Å². The van der Waals surface area contributed by atoms with Crippen LogP contribution < -0.4 is 15.6 Å². The summed E-state index contributed by atoms with van der Waals surface area (Å²) in [4.78, 5) is 20.9. The van der Waals surface area contributed by atoms with Crippen LogP contribution in [0.25, 0.3) is 34.3 Å². The molecule has 0 spiro atoms. The maximum absolute atomic E-state index is 12.1. The molecule has 10 heteroatoms. The molecule has 1 atom stereocenters. The molecule has 0 aliphatic rings. The number of hydrogen-bond acceptors (Lipinski definition) is 9. The topological polar surface area (TPSA) is 128 Å². The quantitative estimate of drug-likeness (QED) is 0.417. The standard InChI is InChI=1S/C23H24N6O4/c1-14(13-30)29-12-16(5-7-21(29)31)18-10-25-11-19(26-18)23-28-27-22(33-23)17-6-4-15(9-24-2)8-20(17)32-3/h4-8,10-12,14,24,30H,9,13H2,1-3H3. The van der Waals surface area contributed by atoms with E-state index in [2.05, 4.69) is 25.5 Å².